The summed E-state index contributed by atoms with van der Waals surface area (Å²) >= 11 is 4.36. The number of ether oxygens (including phenoxy) is 6. The molecular weight excluding hydrogens is 472 g/mol. The summed E-state index contributed by atoms with van der Waals surface area (Å²) in [7, 11) is 0. The zero-order valence-electron chi connectivity index (χ0n) is 19.9. The van der Waals surface area contributed by atoms with Crippen LogP contribution in [0, 0.1) is 10.8 Å². The number of hydrogen-bond donors (Lipinski definition) is 1. The highest BCUT2D eigenvalue weighted by molar-refractivity contribution is 7.80. The Balaban J connectivity index is 1.92. The summed E-state index contributed by atoms with van der Waals surface area (Å²) in [6.07, 6.45) is -4.28. The summed E-state index contributed by atoms with van der Waals surface area (Å²) < 4.78 is 32.8. The third kappa shape index (κ3) is 4.15. The molecule has 0 aromatic rings. The first-order chi connectivity index (χ1) is 15.7. The van der Waals surface area contributed by atoms with E-state index >= 15 is 0 Å². The summed E-state index contributed by atoms with van der Waals surface area (Å²) in [5, 5.41) is 0. The van der Waals surface area contributed by atoms with Crippen molar-refractivity contribution in [1.82, 2.24) is 0 Å². The highest BCUT2D eigenvalue weighted by atomic mass is 32.1. The molecule has 12 heteroatoms. The van der Waals surface area contributed by atoms with Crippen molar-refractivity contribution < 1.29 is 52.4 Å². The van der Waals surface area contributed by atoms with Gasteiger partial charge in [-0.1, -0.05) is 13.8 Å². The highest BCUT2D eigenvalue weighted by Gasteiger charge is 2.76. The molecule has 190 valence electrons. The zero-order valence-corrected chi connectivity index (χ0v) is 20.8. The second-order valence-electron chi connectivity index (χ2n) is 9.56. The lowest BCUT2D eigenvalue weighted by Gasteiger charge is -2.44. The predicted molar refractivity (Wildman–Crippen MR) is 115 cm³/mol. The molecule has 3 aliphatic rings. The van der Waals surface area contributed by atoms with Gasteiger partial charge in [-0.15, -0.1) is 12.6 Å². The second kappa shape index (κ2) is 9.03. The third-order valence-electron chi connectivity index (χ3n) is 7.32. The molecule has 34 heavy (non-hydrogen) atoms. The Kier molecular flexibility index (Phi) is 6.97. The zero-order chi connectivity index (χ0) is 25.6. The van der Waals surface area contributed by atoms with Crippen LogP contribution >= 0.6 is 12.6 Å². The minimum atomic E-state index is -1.54. The number of thiol groups is 1. The molecule has 7 atom stereocenters. The van der Waals surface area contributed by atoms with E-state index in [9.17, 15) is 24.0 Å². The van der Waals surface area contributed by atoms with Gasteiger partial charge in [0.05, 0.1) is 5.41 Å². The molecule has 0 aromatic carbocycles. The van der Waals surface area contributed by atoms with Crippen molar-refractivity contribution in [3.05, 3.63) is 0 Å². The first kappa shape index (κ1) is 26.3. The van der Waals surface area contributed by atoms with Crippen LogP contribution in [0.25, 0.3) is 0 Å². The van der Waals surface area contributed by atoms with Gasteiger partial charge in [0.1, 0.15) is 18.1 Å². The van der Waals surface area contributed by atoms with Crippen molar-refractivity contribution in [2.75, 3.05) is 6.61 Å². The summed E-state index contributed by atoms with van der Waals surface area (Å²) in [6.45, 7) is 8.42. The largest absolute Gasteiger partial charge is 0.463 e. The van der Waals surface area contributed by atoms with Crippen LogP contribution in [-0.2, 0) is 52.4 Å². The molecule has 1 aliphatic carbocycles. The van der Waals surface area contributed by atoms with Crippen molar-refractivity contribution in [3.8, 4) is 0 Å². The van der Waals surface area contributed by atoms with Gasteiger partial charge in [-0.2, -0.15) is 0 Å². The van der Waals surface area contributed by atoms with E-state index < -0.39 is 76.1 Å². The second-order valence-corrected chi connectivity index (χ2v) is 10.1. The monoisotopic (exact) mass is 502 g/mol. The number of carbonyl (C=O) groups excluding carboxylic acids is 5. The highest BCUT2D eigenvalue weighted by Crippen LogP contribution is 2.66. The van der Waals surface area contributed by atoms with Crippen LogP contribution in [0.15, 0.2) is 0 Å². The molecule has 0 amide bonds. The smallest absolute Gasteiger partial charge is 0.351 e. The van der Waals surface area contributed by atoms with E-state index in [1.165, 1.54) is 6.92 Å². The fourth-order valence-electron chi connectivity index (χ4n) is 4.94. The molecule has 2 saturated heterocycles. The first-order valence-electron chi connectivity index (χ1n) is 10.9. The van der Waals surface area contributed by atoms with Crippen molar-refractivity contribution in [2.45, 2.75) is 89.8 Å². The van der Waals surface area contributed by atoms with Gasteiger partial charge < -0.3 is 28.4 Å². The fraction of sp³-hybridized carbons (Fsp3) is 0.773. The summed E-state index contributed by atoms with van der Waals surface area (Å²) in [6, 6.07) is 0. The molecule has 2 aliphatic heterocycles. The molecule has 0 aromatic heterocycles. The van der Waals surface area contributed by atoms with E-state index in [4.69, 9.17) is 28.4 Å². The fourth-order valence-corrected chi connectivity index (χ4v) is 5.32. The topological polar surface area (TPSA) is 141 Å². The van der Waals surface area contributed by atoms with Crippen LogP contribution in [0.3, 0.4) is 0 Å². The normalized spacial score (nSPS) is 38.0. The van der Waals surface area contributed by atoms with Gasteiger partial charge in [0, 0.05) is 26.2 Å². The van der Waals surface area contributed by atoms with Crippen molar-refractivity contribution in [1.29, 1.82) is 0 Å². The third-order valence-corrected chi connectivity index (χ3v) is 7.74. The number of rotatable bonds is 6. The van der Waals surface area contributed by atoms with Crippen molar-refractivity contribution in [3.63, 3.8) is 0 Å². The number of hydrogen-bond acceptors (Lipinski definition) is 12. The van der Waals surface area contributed by atoms with Gasteiger partial charge in [0.2, 0.25) is 5.60 Å². The molecule has 0 unspecified atom stereocenters. The van der Waals surface area contributed by atoms with Crippen molar-refractivity contribution >= 4 is 42.5 Å². The molecule has 3 rings (SSSR count). The lowest BCUT2D eigenvalue weighted by molar-refractivity contribution is -0.244. The number of carbonyl (C=O) groups is 5. The van der Waals surface area contributed by atoms with Crippen LogP contribution in [0.1, 0.15) is 54.4 Å². The van der Waals surface area contributed by atoms with Gasteiger partial charge in [-0.3, -0.25) is 19.2 Å². The van der Waals surface area contributed by atoms with Crippen LogP contribution in [0.4, 0.5) is 0 Å². The van der Waals surface area contributed by atoms with E-state index in [1.54, 1.807) is 20.8 Å². The molecule has 0 spiro atoms. The van der Waals surface area contributed by atoms with Gasteiger partial charge in [-0.05, 0) is 19.8 Å². The minimum absolute atomic E-state index is 0.257. The van der Waals surface area contributed by atoms with E-state index in [-0.39, 0.29) is 13.0 Å². The summed E-state index contributed by atoms with van der Waals surface area (Å²) in [4.78, 5) is 61.0. The van der Waals surface area contributed by atoms with Gasteiger partial charge >= 0.3 is 29.8 Å². The Morgan fingerprint density at radius 1 is 0.912 bits per heavy atom. The van der Waals surface area contributed by atoms with E-state index in [0.717, 1.165) is 13.8 Å². The molecule has 11 nitrogen and oxygen atoms in total. The average molecular weight is 503 g/mol. The van der Waals surface area contributed by atoms with Crippen LogP contribution < -0.4 is 0 Å². The lowest BCUT2D eigenvalue weighted by atomic mass is 9.66. The quantitative estimate of drug-likeness (QED) is 0.317. The van der Waals surface area contributed by atoms with E-state index in [0.29, 0.717) is 6.42 Å². The van der Waals surface area contributed by atoms with Crippen LogP contribution in [0.5, 0.6) is 0 Å². The van der Waals surface area contributed by atoms with Crippen LogP contribution in [0.2, 0.25) is 0 Å². The maximum atomic E-state index is 13.5. The Morgan fingerprint density at radius 3 is 1.97 bits per heavy atom. The van der Waals surface area contributed by atoms with Gasteiger partial charge in [0.15, 0.2) is 18.3 Å². The van der Waals surface area contributed by atoms with Crippen LogP contribution in [-0.4, -0.2) is 71.9 Å². The maximum absolute atomic E-state index is 13.5. The Morgan fingerprint density at radius 2 is 1.50 bits per heavy atom. The van der Waals surface area contributed by atoms with Gasteiger partial charge in [-0.25, -0.2) is 4.79 Å². The summed E-state index contributed by atoms with van der Waals surface area (Å²) in [5.41, 5.74) is -4.43. The molecule has 2 heterocycles. The average Bonchev–Trinajstić information content (AvgIpc) is 3.01. The minimum Gasteiger partial charge on any atom is -0.463 e. The molecule has 0 radical (unpaired) electrons. The number of fused-ring (bicyclic) bond motifs is 2. The first-order valence-corrected chi connectivity index (χ1v) is 11.4. The lowest BCUT2D eigenvalue weighted by Crippen LogP contribution is -2.62. The Bertz CT molecular complexity index is 901. The van der Waals surface area contributed by atoms with E-state index in [2.05, 4.69) is 12.6 Å². The van der Waals surface area contributed by atoms with Crippen molar-refractivity contribution in [2.24, 2.45) is 10.8 Å². The SMILES string of the molecule is CC(=O)OC[C@H]1O[C@@H](S)[C@H](OC(=O)[C@@]23CC[C@@](C)(C(=O)O2)C3(C)C)[C@@H](OC(C)=O)[C@@H]1OC(C)=O. The summed E-state index contributed by atoms with van der Waals surface area (Å²) in [5.74, 6) is -3.39. The van der Waals surface area contributed by atoms with Gasteiger partial charge in [0.25, 0.3) is 0 Å². The van der Waals surface area contributed by atoms with E-state index in [1.807, 2.05) is 0 Å². The standard InChI is InChI=1S/C22H30O11S/c1-10(23)28-9-13-14(29-11(2)24)15(30-12(3)25)16(17(34)31-13)32-19(27)22-8-7-21(6,18(26)33-22)20(22,4)5/h13-17,34H,7-9H2,1-6H3/t13-,14-,15+,16-,17+,21+,22-/m1/s1. The number of esters is 5. The Labute approximate surface area is 202 Å². The molecule has 1 saturated carbocycles. The molecule has 0 N–H and O–H groups in total. The molecule has 2 bridgehead atoms. The Hall–Kier alpha value is -2.34. The molecular formula is C22H30O11S. The predicted octanol–water partition coefficient (Wildman–Crippen LogP) is 1.10. The maximum Gasteiger partial charge on any atom is 0.351 e. The molecule has 3 fully saturated rings.